The smallest absolute Gasteiger partial charge is 0.182 e. The molecule has 1 saturated heterocycles. The van der Waals surface area contributed by atoms with Crippen molar-refractivity contribution in [2.24, 2.45) is 0 Å². The van der Waals surface area contributed by atoms with Gasteiger partial charge >= 0.3 is 0 Å². The molecule has 1 aliphatic rings. The Labute approximate surface area is 113 Å². The molecule has 0 aromatic heterocycles. The first-order chi connectivity index (χ1) is 7.99. The van der Waals surface area contributed by atoms with Crippen molar-refractivity contribution in [3.05, 3.63) is 0 Å². The van der Waals surface area contributed by atoms with Crippen molar-refractivity contribution in [1.82, 2.24) is 5.32 Å². The van der Waals surface area contributed by atoms with Crippen LogP contribution in [0.4, 0.5) is 0 Å². The Hall–Kier alpha value is 0.0969. The van der Waals surface area contributed by atoms with Crippen LogP contribution in [0.2, 0.25) is 19.1 Å². The van der Waals surface area contributed by atoms with Crippen molar-refractivity contribution in [1.29, 1.82) is 0 Å². The predicted molar refractivity (Wildman–Crippen MR) is 79.4 cm³/mol. The molecule has 2 N–H and O–H groups in total. The van der Waals surface area contributed by atoms with E-state index in [0.29, 0.717) is 6.10 Å². The van der Waals surface area contributed by atoms with Gasteiger partial charge in [-0.15, -0.1) is 0 Å². The third-order valence-electron chi connectivity index (χ3n) is 3.44. The summed E-state index contributed by atoms with van der Waals surface area (Å²) in [4.78, 5) is 9.79. The summed E-state index contributed by atoms with van der Waals surface area (Å²) >= 11 is 0. The van der Waals surface area contributed by atoms with Crippen LogP contribution in [-0.4, -0.2) is 36.9 Å². The minimum atomic E-state index is -1.89. The van der Waals surface area contributed by atoms with Crippen LogP contribution in [-0.2, 0) is 4.74 Å². The highest BCUT2D eigenvalue weighted by atomic mass is 28.4. The molecule has 0 spiro atoms. The lowest BCUT2D eigenvalue weighted by Crippen LogP contribution is -2.59. The monoisotopic (exact) mass is 273 g/mol. The molecule has 0 aromatic rings. The van der Waals surface area contributed by atoms with E-state index in [0.717, 1.165) is 31.9 Å². The predicted octanol–water partition coefficient (Wildman–Crippen LogP) is 2.90. The minimum absolute atomic E-state index is 0.150. The molecule has 1 heterocycles. The number of ether oxygens (including phenoxy) is 1. The van der Waals surface area contributed by atoms with Gasteiger partial charge in [-0.1, -0.05) is 0 Å². The number of piperidine rings is 1. The van der Waals surface area contributed by atoms with Crippen LogP contribution in [0, 0.1) is 0 Å². The Morgan fingerprint density at radius 1 is 1.17 bits per heavy atom. The van der Waals surface area contributed by atoms with Gasteiger partial charge in [0, 0.05) is 17.7 Å². The number of rotatable bonds is 5. The van der Waals surface area contributed by atoms with Crippen LogP contribution < -0.4 is 5.32 Å². The molecular weight excluding hydrogens is 242 g/mol. The Bertz CT molecular complexity index is 255. The summed E-state index contributed by atoms with van der Waals surface area (Å²) in [6.07, 6.45) is 3.47. The summed E-state index contributed by atoms with van der Waals surface area (Å²) in [5, 5.41) is 3.66. The lowest BCUT2D eigenvalue weighted by atomic mass is 9.81. The van der Waals surface area contributed by atoms with Gasteiger partial charge in [0.25, 0.3) is 0 Å². The lowest BCUT2D eigenvalue weighted by molar-refractivity contribution is -0.0215. The molecule has 0 atom stereocenters. The molecule has 1 fully saturated rings. The molecule has 4 heteroatoms. The Kier molecular flexibility index (Phi) is 5.04. The van der Waals surface area contributed by atoms with Crippen molar-refractivity contribution >= 4 is 8.32 Å². The second-order valence-corrected chi connectivity index (χ2v) is 11.8. The SMILES string of the molecule is CC1(C)CC(OCCC[Si](C)(C)O)CC(C)(C)N1. The van der Waals surface area contributed by atoms with E-state index in [1.54, 1.807) is 0 Å². The van der Waals surface area contributed by atoms with Gasteiger partial charge in [-0.3, -0.25) is 0 Å². The maximum atomic E-state index is 9.79. The standard InChI is InChI=1S/C14H31NO2Si/c1-13(2)10-12(11-14(3,4)15-13)17-8-7-9-18(5,6)16/h12,15-16H,7-11H2,1-6H3. The molecule has 3 nitrogen and oxygen atoms in total. The molecule has 18 heavy (non-hydrogen) atoms. The Balaban J connectivity index is 2.34. The second-order valence-electron chi connectivity index (χ2n) is 7.71. The van der Waals surface area contributed by atoms with Crippen LogP contribution in [0.1, 0.15) is 47.0 Å². The highest BCUT2D eigenvalue weighted by molar-refractivity contribution is 6.69. The molecule has 0 bridgehead atoms. The molecule has 0 saturated carbocycles. The zero-order chi connectivity index (χ0) is 14.0. The summed E-state index contributed by atoms with van der Waals surface area (Å²) in [6, 6.07) is 0.935. The highest BCUT2D eigenvalue weighted by Crippen LogP contribution is 2.30. The Morgan fingerprint density at radius 2 is 1.67 bits per heavy atom. The van der Waals surface area contributed by atoms with Crippen molar-refractivity contribution < 1.29 is 9.53 Å². The molecular formula is C14H31NO2Si. The van der Waals surface area contributed by atoms with E-state index < -0.39 is 8.32 Å². The molecule has 1 rings (SSSR count). The molecule has 108 valence electrons. The second kappa shape index (κ2) is 5.61. The fourth-order valence-electron chi connectivity index (χ4n) is 3.10. The number of hydrogen-bond donors (Lipinski definition) is 2. The van der Waals surface area contributed by atoms with Gasteiger partial charge in [0.1, 0.15) is 0 Å². The van der Waals surface area contributed by atoms with Gasteiger partial charge in [-0.05, 0) is 66.1 Å². The van der Waals surface area contributed by atoms with Crippen LogP contribution in [0.15, 0.2) is 0 Å². The lowest BCUT2D eigenvalue weighted by Gasteiger charge is -2.46. The van der Waals surface area contributed by atoms with Gasteiger partial charge < -0.3 is 14.8 Å². The van der Waals surface area contributed by atoms with Gasteiger partial charge in [0.2, 0.25) is 0 Å². The maximum Gasteiger partial charge on any atom is 0.182 e. The largest absolute Gasteiger partial charge is 0.432 e. The van der Waals surface area contributed by atoms with E-state index in [1.807, 2.05) is 13.1 Å². The fourth-order valence-corrected chi connectivity index (χ4v) is 4.11. The van der Waals surface area contributed by atoms with E-state index >= 15 is 0 Å². The van der Waals surface area contributed by atoms with E-state index in [2.05, 4.69) is 33.0 Å². The van der Waals surface area contributed by atoms with Gasteiger partial charge in [0.05, 0.1) is 6.10 Å². The molecule has 0 amide bonds. The topological polar surface area (TPSA) is 41.5 Å². The van der Waals surface area contributed by atoms with Crippen LogP contribution in [0.3, 0.4) is 0 Å². The van der Waals surface area contributed by atoms with E-state index in [4.69, 9.17) is 4.74 Å². The van der Waals surface area contributed by atoms with Crippen molar-refractivity contribution in [2.45, 2.75) is 83.3 Å². The van der Waals surface area contributed by atoms with Gasteiger partial charge in [-0.2, -0.15) is 0 Å². The number of nitrogens with one attached hydrogen (secondary N) is 1. The van der Waals surface area contributed by atoms with Gasteiger partial charge in [-0.25, -0.2) is 0 Å². The summed E-state index contributed by atoms with van der Waals surface area (Å²) in [7, 11) is -1.89. The summed E-state index contributed by atoms with van der Waals surface area (Å²) in [6.45, 7) is 13.7. The third kappa shape index (κ3) is 6.32. The molecule has 0 radical (unpaired) electrons. The summed E-state index contributed by atoms with van der Waals surface area (Å²) < 4.78 is 6.02. The van der Waals surface area contributed by atoms with E-state index in [9.17, 15) is 4.80 Å². The highest BCUT2D eigenvalue weighted by Gasteiger charge is 2.37. The quantitative estimate of drug-likeness (QED) is 0.598. The summed E-state index contributed by atoms with van der Waals surface area (Å²) in [5.41, 5.74) is 0.300. The number of hydrogen-bond acceptors (Lipinski definition) is 3. The molecule has 0 aromatic carbocycles. The van der Waals surface area contributed by atoms with Crippen molar-refractivity contribution in [3.63, 3.8) is 0 Å². The fraction of sp³-hybridized carbons (Fsp3) is 1.00. The van der Waals surface area contributed by atoms with Crippen LogP contribution in [0.5, 0.6) is 0 Å². The van der Waals surface area contributed by atoms with E-state index in [-0.39, 0.29) is 11.1 Å². The zero-order valence-electron chi connectivity index (χ0n) is 13.0. The Morgan fingerprint density at radius 3 is 2.11 bits per heavy atom. The average molecular weight is 273 g/mol. The normalized spacial score (nSPS) is 24.2. The van der Waals surface area contributed by atoms with Crippen LogP contribution in [0.25, 0.3) is 0 Å². The summed E-state index contributed by atoms with van der Waals surface area (Å²) in [5.74, 6) is 0. The zero-order valence-corrected chi connectivity index (χ0v) is 14.0. The average Bonchev–Trinajstić information content (AvgIpc) is 2.05. The van der Waals surface area contributed by atoms with Crippen molar-refractivity contribution in [2.75, 3.05) is 6.61 Å². The minimum Gasteiger partial charge on any atom is -0.432 e. The van der Waals surface area contributed by atoms with E-state index in [1.165, 1.54) is 0 Å². The third-order valence-corrected chi connectivity index (χ3v) is 5.02. The first-order valence-corrected chi connectivity index (χ1v) is 10.3. The molecule has 0 aliphatic carbocycles. The first-order valence-electron chi connectivity index (χ1n) is 7.13. The maximum absolute atomic E-state index is 9.79. The van der Waals surface area contributed by atoms with Gasteiger partial charge in [0.15, 0.2) is 8.32 Å². The molecule has 0 unspecified atom stereocenters. The van der Waals surface area contributed by atoms with Crippen molar-refractivity contribution in [3.8, 4) is 0 Å². The molecule has 1 aliphatic heterocycles. The first kappa shape index (κ1) is 16.2. The van der Waals surface area contributed by atoms with Crippen LogP contribution >= 0.6 is 0 Å².